The fourth-order valence-corrected chi connectivity index (χ4v) is 5.36. The molecule has 8 heteroatoms. The zero-order valence-corrected chi connectivity index (χ0v) is 21.0. The van der Waals surface area contributed by atoms with Crippen LogP contribution < -0.4 is 15.0 Å². The van der Waals surface area contributed by atoms with Crippen LogP contribution in [-0.2, 0) is 19.1 Å². The Labute approximate surface area is 220 Å². The smallest absolute Gasteiger partial charge is 0.338 e. The molecule has 1 aliphatic carbocycles. The highest BCUT2D eigenvalue weighted by molar-refractivity contribution is 6.22. The SMILES string of the molecule is COc1ccccc1NC(=O)COC(=O)c1ccc(N2C(=O)[C@@H]3CC[C@@H](c4ccccc4)C[C@H]3C2=O)cc1. The summed E-state index contributed by atoms with van der Waals surface area (Å²) < 4.78 is 10.3. The minimum atomic E-state index is -0.690. The summed E-state index contributed by atoms with van der Waals surface area (Å²) >= 11 is 0. The van der Waals surface area contributed by atoms with E-state index in [0.717, 1.165) is 6.42 Å². The number of fused-ring (bicyclic) bond motifs is 1. The van der Waals surface area contributed by atoms with Crippen molar-refractivity contribution in [3.8, 4) is 5.75 Å². The molecule has 1 heterocycles. The van der Waals surface area contributed by atoms with Crippen LogP contribution >= 0.6 is 0 Å². The van der Waals surface area contributed by atoms with E-state index < -0.39 is 18.5 Å². The number of nitrogens with zero attached hydrogens (tertiary/aromatic N) is 1. The molecule has 0 spiro atoms. The van der Waals surface area contributed by atoms with E-state index in [2.05, 4.69) is 17.4 Å². The van der Waals surface area contributed by atoms with Gasteiger partial charge in [-0.2, -0.15) is 0 Å². The van der Waals surface area contributed by atoms with Crippen molar-refractivity contribution >= 4 is 35.1 Å². The number of methoxy groups -OCH3 is 1. The van der Waals surface area contributed by atoms with Crippen molar-refractivity contribution in [1.29, 1.82) is 0 Å². The number of anilines is 2. The lowest BCUT2D eigenvalue weighted by Crippen LogP contribution is -2.30. The number of nitrogens with one attached hydrogen (secondary N) is 1. The standard InChI is InChI=1S/C30H28N2O6/c1-37-26-10-6-5-9-25(26)31-27(33)18-38-30(36)20-11-14-22(15-12-20)32-28(34)23-16-13-21(17-24(23)29(32)35)19-7-3-2-4-8-19/h2-12,14-15,21,23-24H,13,16-18H2,1H3,(H,31,33)/t21-,23-,24-/m1/s1. The van der Waals surface area contributed by atoms with Crippen LogP contribution in [0.15, 0.2) is 78.9 Å². The van der Waals surface area contributed by atoms with E-state index in [1.807, 2.05) is 18.2 Å². The highest BCUT2D eigenvalue weighted by Gasteiger charge is 2.50. The zero-order valence-electron chi connectivity index (χ0n) is 21.0. The van der Waals surface area contributed by atoms with Gasteiger partial charge in [0, 0.05) is 0 Å². The fraction of sp³-hybridized carbons (Fsp3) is 0.267. The third kappa shape index (κ3) is 5.02. The first kappa shape index (κ1) is 25.2. The van der Waals surface area contributed by atoms with Gasteiger partial charge in [-0.1, -0.05) is 42.5 Å². The summed E-state index contributed by atoms with van der Waals surface area (Å²) in [5.74, 6) is -1.48. The average molecular weight is 513 g/mol. The van der Waals surface area contributed by atoms with Crippen molar-refractivity contribution in [2.45, 2.75) is 25.2 Å². The predicted octanol–water partition coefficient (Wildman–Crippen LogP) is 4.56. The quantitative estimate of drug-likeness (QED) is 0.368. The molecule has 2 fully saturated rings. The number of imide groups is 1. The van der Waals surface area contributed by atoms with Crippen LogP contribution in [0.5, 0.6) is 5.75 Å². The normalized spacial score (nSPS) is 20.6. The largest absolute Gasteiger partial charge is 0.495 e. The number of carbonyl (C=O) groups excluding carboxylic acids is 4. The summed E-state index contributed by atoms with van der Waals surface area (Å²) in [6, 6.07) is 23.1. The molecule has 1 saturated heterocycles. The summed E-state index contributed by atoms with van der Waals surface area (Å²) in [6.45, 7) is -0.479. The van der Waals surface area contributed by atoms with Gasteiger partial charge in [0.15, 0.2) is 6.61 Å². The molecule has 5 rings (SSSR count). The van der Waals surface area contributed by atoms with Gasteiger partial charge in [-0.3, -0.25) is 19.3 Å². The number of amides is 3. The van der Waals surface area contributed by atoms with Crippen molar-refractivity contribution < 1.29 is 28.7 Å². The van der Waals surface area contributed by atoms with E-state index in [9.17, 15) is 19.2 Å². The Morgan fingerprint density at radius 2 is 1.55 bits per heavy atom. The summed E-state index contributed by atoms with van der Waals surface area (Å²) in [5, 5.41) is 2.64. The van der Waals surface area contributed by atoms with Crippen molar-refractivity contribution in [1.82, 2.24) is 0 Å². The van der Waals surface area contributed by atoms with Crippen LogP contribution in [0, 0.1) is 11.8 Å². The number of para-hydroxylation sites is 2. The van der Waals surface area contributed by atoms with E-state index in [0.29, 0.717) is 30.0 Å². The second-order valence-electron chi connectivity index (χ2n) is 9.52. The van der Waals surface area contributed by atoms with Crippen LogP contribution in [0.3, 0.4) is 0 Å². The lowest BCUT2D eigenvalue weighted by Gasteiger charge is -2.28. The number of hydrogen-bond acceptors (Lipinski definition) is 6. The van der Waals surface area contributed by atoms with Crippen LogP contribution in [0.1, 0.15) is 41.1 Å². The van der Waals surface area contributed by atoms with Crippen LogP contribution in [0.2, 0.25) is 0 Å². The third-order valence-electron chi connectivity index (χ3n) is 7.27. The Hall–Kier alpha value is -4.46. The van der Waals surface area contributed by atoms with Gasteiger partial charge in [-0.25, -0.2) is 4.79 Å². The molecule has 3 aromatic carbocycles. The van der Waals surface area contributed by atoms with E-state index in [-0.39, 0.29) is 35.1 Å². The number of carbonyl (C=O) groups is 4. The number of benzene rings is 3. The van der Waals surface area contributed by atoms with Gasteiger partial charge in [-0.05, 0) is 67.1 Å². The molecule has 1 saturated carbocycles. The van der Waals surface area contributed by atoms with E-state index >= 15 is 0 Å². The van der Waals surface area contributed by atoms with Gasteiger partial charge in [0.25, 0.3) is 5.91 Å². The van der Waals surface area contributed by atoms with Gasteiger partial charge in [-0.15, -0.1) is 0 Å². The molecule has 0 unspecified atom stereocenters. The molecule has 3 amide bonds. The molecular weight excluding hydrogens is 484 g/mol. The fourth-order valence-electron chi connectivity index (χ4n) is 5.36. The highest BCUT2D eigenvalue weighted by Crippen LogP contribution is 2.45. The Morgan fingerprint density at radius 1 is 0.868 bits per heavy atom. The first-order valence-electron chi connectivity index (χ1n) is 12.6. The maximum Gasteiger partial charge on any atom is 0.338 e. The monoisotopic (exact) mass is 512 g/mol. The van der Waals surface area contributed by atoms with Crippen molar-refractivity contribution in [2.75, 3.05) is 23.9 Å². The minimum Gasteiger partial charge on any atom is -0.495 e. The maximum absolute atomic E-state index is 13.3. The summed E-state index contributed by atoms with van der Waals surface area (Å²) in [5.41, 5.74) is 2.30. The number of esters is 1. The molecule has 3 aromatic rings. The first-order valence-corrected chi connectivity index (χ1v) is 12.6. The molecule has 0 aromatic heterocycles. The maximum atomic E-state index is 13.3. The van der Waals surface area contributed by atoms with Crippen LogP contribution in [0.25, 0.3) is 0 Å². The Morgan fingerprint density at radius 3 is 2.29 bits per heavy atom. The van der Waals surface area contributed by atoms with Gasteiger partial charge in [0.1, 0.15) is 5.75 Å². The molecule has 1 N–H and O–H groups in total. The molecule has 8 nitrogen and oxygen atoms in total. The topological polar surface area (TPSA) is 102 Å². The summed E-state index contributed by atoms with van der Waals surface area (Å²) in [4.78, 5) is 52.4. The molecule has 0 bridgehead atoms. The predicted molar refractivity (Wildman–Crippen MR) is 141 cm³/mol. The number of rotatable bonds is 7. The van der Waals surface area contributed by atoms with E-state index in [4.69, 9.17) is 9.47 Å². The highest BCUT2D eigenvalue weighted by atomic mass is 16.5. The lowest BCUT2D eigenvalue weighted by atomic mass is 9.73. The second kappa shape index (κ2) is 10.9. The molecule has 2 aliphatic rings. The molecule has 3 atom stereocenters. The first-order chi connectivity index (χ1) is 18.5. The van der Waals surface area contributed by atoms with Crippen LogP contribution in [0.4, 0.5) is 11.4 Å². The second-order valence-corrected chi connectivity index (χ2v) is 9.52. The summed E-state index contributed by atoms with van der Waals surface area (Å²) in [7, 11) is 1.49. The zero-order chi connectivity index (χ0) is 26.6. The Balaban J connectivity index is 1.20. The van der Waals surface area contributed by atoms with E-state index in [1.165, 1.54) is 29.7 Å². The summed E-state index contributed by atoms with van der Waals surface area (Å²) in [6.07, 6.45) is 2.19. The van der Waals surface area contributed by atoms with Crippen LogP contribution in [-0.4, -0.2) is 37.4 Å². The van der Waals surface area contributed by atoms with E-state index in [1.54, 1.807) is 36.4 Å². The van der Waals surface area contributed by atoms with Gasteiger partial charge in [0.2, 0.25) is 11.8 Å². The lowest BCUT2D eigenvalue weighted by molar-refractivity contribution is -0.122. The third-order valence-corrected chi connectivity index (χ3v) is 7.27. The average Bonchev–Trinajstić information content (AvgIpc) is 3.21. The van der Waals surface area contributed by atoms with Crippen molar-refractivity contribution in [2.24, 2.45) is 11.8 Å². The van der Waals surface area contributed by atoms with Crippen molar-refractivity contribution in [3.63, 3.8) is 0 Å². The number of hydrogen-bond donors (Lipinski definition) is 1. The molecule has 0 radical (unpaired) electrons. The molecular formula is C30H28N2O6. The van der Waals surface area contributed by atoms with Crippen molar-refractivity contribution in [3.05, 3.63) is 90.0 Å². The van der Waals surface area contributed by atoms with Gasteiger partial charge >= 0.3 is 5.97 Å². The molecule has 1 aliphatic heterocycles. The minimum absolute atomic E-state index is 0.185. The molecule has 38 heavy (non-hydrogen) atoms. The molecule has 194 valence electrons. The number of ether oxygens (including phenoxy) is 2. The Bertz CT molecular complexity index is 1350. The van der Waals surface area contributed by atoms with Gasteiger partial charge < -0.3 is 14.8 Å². The van der Waals surface area contributed by atoms with Gasteiger partial charge in [0.05, 0.1) is 35.9 Å². The Kier molecular flexibility index (Phi) is 7.22.